The van der Waals surface area contributed by atoms with Crippen LogP contribution in [0.2, 0.25) is 5.02 Å². The van der Waals surface area contributed by atoms with E-state index in [0.29, 0.717) is 30.2 Å². The molecule has 0 radical (unpaired) electrons. The highest BCUT2D eigenvalue weighted by molar-refractivity contribution is 6.30. The molecule has 3 aromatic carbocycles. The molecule has 0 bridgehead atoms. The largest absolute Gasteiger partial charge is 0.416 e. The standard InChI is InChI=1S/C27H24ClF5N2O2/c28-21-10-6-19(7-11-21)24(37-17-18-4-8-20(9-5-18)27(31,32)33)16-34-12-14-35(15-13-34)26(36)25-22(29)2-1-3-23(25)30/h1-11,24H,12-17H2/t24-/m1/s1. The third-order valence-electron chi connectivity index (χ3n) is 6.23. The Bertz CT molecular complexity index is 1190. The molecule has 0 saturated carbocycles. The highest BCUT2D eigenvalue weighted by Gasteiger charge is 2.30. The van der Waals surface area contributed by atoms with E-state index in [1.165, 1.54) is 23.1 Å². The van der Waals surface area contributed by atoms with Gasteiger partial charge in [0.15, 0.2) is 0 Å². The van der Waals surface area contributed by atoms with Crippen molar-refractivity contribution in [3.05, 3.63) is 106 Å². The molecule has 1 atom stereocenters. The molecule has 37 heavy (non-hydrogen) atoms. The SMILES string of the molecule is O=C(c1c(F)cccc1F)N1CCN(C[C@@H](OCc2ccc(C(F)(F)F)cc2)c2ccc(Cl)cc2)CC1. The van der Waals surface area contributed by atoms with E-state index in [-0.39, 0.29) is 19.7 Å². The van der Waals surface area contributed by atoms with Crippen LogP contribution in [0, 0.1) is 11.6 Å². The molecule has 4 rings (SSSR count). The maximum Gasteiger partial charge on any atom is 0.416 e. The number of carbonyl (C=O) groups is 1. The summed E-state index contributed by atoms with van der Waals surface area (Å²) in [5.41, 5.74) is 0.139. The highest BCUT2D eigenvalue weighted by Crippen LogP contribution is 2.30. The maximum absolute atomic E-state index is 14.0. The van der Waals surface area contributed by atoms with E-state index in [0.717, 1.165) is 29.8 Å². The van der Waals surface area contributed by atoms with Gasteiger partial charge >= 0.3 is 6.18 Å². The van der Waals surface area contributed by atoms with Gasteiger partial charge in [-0.1, -0.05) is 41.9 Å². The van der Waals surface area contributed by atoms with E-state index in [9.17, 15) is 26.7 Å². The second-order valence-corrected chi connectivity index (χ2v) is 9.17. The molecule has 1 amide bonds. The summed E-state index contributed by atoms with van der Waals surface area (Å²) >= 11 is 6.02. The molecule has 1 aliphatic heterocycles. The van der Waals surface area contributed by atoms with Gasteiger partial charge in [-0.2, -0.15) is 13.2 Å². The van der Waals surface area contributed by atoms with Gasteiger partial charge in [0.25, 0.3) is 5.91 Å². The summed E-state index contributed by atoms with van der Waals surface area (Å²) in [5.74, 6) is -2.48. The number of alkyl halides is 3. The van der Waals surface area contributed by atoms with Crippen LogP contribution in [0.5, 0.6) is 0 Å². The lowest BCUT2D eigenvalue weighted by Gasteiger charge is -2.36. The summed E-state index contributed by atoms with van der Waals surface area (Å²) in [6.45, 7) is 2.00. The average Bonchev–Trinajstić information content (AvgIpc) is 2.87. The predicted octanol–water partition coefficient (Wildman–Crippen LogP) is 6.35. The number of benzene rings is 3. The van der Waals surface area contributed by atoms with Crippen LogP contribution in [0.25, 0.3) is 0 Å². The van der Waals surface area contributed by atoms with Crippen LogP contribution >= 0.6 is 11.6 Å². The molecule has 1 heterocycles. The van der Waals surface area contributed by atoms with E-state index >= 15 is 0 Å². The van der Waals surface area contributed by atoms with Gasteiger partial charge in [0.1, 0.15) is 17.2 Å². The number of piperazine rings is 1. The average molecular weight is 539 g/mol. The number of hydrogen-bond acceptors (Lipinski definition) is 3. The third-order valence-corrected chi connectivity index (χ3v) is 6.49. The second kappa shape index (κ2) is 11.6. The first-order valence-corrected chi connectivity index (χ1v) is 12.0. The van der Waals surface area contributed by atoms with Crippen LogP contribution in [0.15, 0.2) is 66.7 Å². The van der Waals surface area contributed by atoms with Crippen molar-refractivity contribution >= 4 is 17.5 Å². The summed E-state index contributed by atoms with van der Waals surface area (Å²) < 4.78 is 72.8. The minimum atomic E-state index is -4.41. The third kappa shape index (κ3) is 6.85. The molecule has 0 spiro atoms. The number of ether oxygens (including phenoxy) is 1. The Hall–Kier alpha value is -3.01. The van der Waals surface area contributed by atoms with Crippen molar-refractivity contribution in [1.82, 2.24) is 9.80 Å². The first kappa shape index (κ1) is 27.0. The fourth-order valence-corrected chi connectivity index (χ4v) is 4.27. The molecule has 4 nitrogen and oxygen atoms in total. The first-order chi connectivity index (χ1) is 17.6. The van der Waals surface area contributed by atoms with Crippen LogP contribution in [0.3, 0.4) is 0 Å². The van der Waals surface area contributed by atoms with Gasteiger partial charge in [0.05, 0.1) is 18.3 Å². The van der Waals surface area contributed by atoms with E-state index in [2.05, 4.69) is 4.90 Å². The van der Waals surface area contributed by atoms with Gasteiger partial charge < -0.3 is 9.64 Å². The van der Waals surface area contributed by atoms with Gasteiger partial charge in [0, 0.05) is 37.7 Å². The number of nitrogens with zero attached hydrogens (tertiary/aromatic N) is 2. The van der Waals surface area contributed by atoms with Gasteiger partial charge in [-0.3, -0.25) is 9.69 Å². The molecule has 1 aliphatic rings. The number of amides is 1. The maximum atomic E-state index is 14.0. The normalized spacial score (nSPS) is 15.6. The van der Waals surface area contributed by atoms with Crippen LogP contribution < -0.4 is 0 Å². The monoisotopic (exact) mass is 538 g/mol. The van der Waals surface area contributed by atoms with E-state index in [1.54, 1.807) is 12.1 Å². The van der Waals surface area contributed by atoms with Crippen molar-refractivity contribution in [2.45, 2.75) is 18.9 Å². The molecule has 196 valence electrons. The number of halogens is 6. The first-order valence-electron chi connectivity index (χ1n) is 11.6. The highest BCUT2D eigenvalue weighted by atomic mass is 35.5. The summed E-state index contributed by atoms with van der Waals surface area (Å²) in [6.07, 6.45) is -4.84. The van der Waals surface area contributed by atoms with E-state index in [1.807, 2.05) is 12.1 Å². The molecular formula is C27H24ClF5N2O2. The lowest BCUT2D eigenvalue weighted by Crippen LogP contribution is -2.50. The van der Waals surface area contributed by atoms with Crippen LogP contribution in [-0.2, 0) is 17.5 Å². The van der Waals surface area contributed by atoms with Crippen molar-refractivity contribution in [3.63, 3.8) is 0 Å². The lowest BCUT2D eigenvalue weighted by molar-refractivity contribution is -0.137. The summed E-state index contributed by atoms with van der Waals surface area (Å²) in [5, 5.41) is 0.553. The minimum absolute atomic E-state index is 0.0937. The Morgan fingerprint density at radius 2 is 1.49 bits per heavy atom. The van der Waals surface area contributed by atoms with Crippen LogP contribution in [0.1, 0.15) is 33.2 Å². The molecule has 0 aliphatic carbocycles. The topological polar surface area (TPSA) is 32.8 Å². The van der Waals surface area contributed by atoms with Crippen molar-refractivity contribution in [3.8, 4) is 0 Å². The van der Waals surface area contributed by atoms with Crippen molar-refractivity contribution in [2.24, 2.45) is 0 Å². The molecule has 0 N–H and O–H groups in total. The summed E-state index contributed by atoms with van der Waals surface area (Å²) in [7, 11) is 0. The number of hydrogen-bond donors (Lipinski definition) is 0. The van der Waals surface area contributed by atoms with Gasteiger partial charge in [-0.25, -0.2) is 8.78 Å². The van der Waals surface area contributed by atoms with E-state index < -0.39 is 40.9 Å². The number of carbonyl (C=O) groups excluding carboxylic acids is 1. The smallest absolute Gasteiger partial charge is 0.368 e. The molecule has 3 aromatic rings. The van der Waals surface area contributed by atoms with Crippen molar-refractivity contribution in [2.75, 3.05) is 32.7 Å². The Kier molecular flexibility index (Phi) is 8.46. The number of rotatable bonds is 7. The summed E-state index contributed by atoms with van der Waals surface area (Å²) in [6, 6.07) is 15.2. The fourth-order valence-electron chi connectivity index (χ4n) is 4.15. The zero-order valence-electron chi connectivity index (χ0n) is 19.6. The lowest BCUT2D eigenvalue weighted by atomic mass is 10.1. The zero-order valence-corrected chi connectivity index (χ0v) is 20.4. The Morgan fingerprint density at radius 1 is 0.892 bits per heavy atom. The molecular weight excluding hydrogens is 515 g/mol. The fraction of sp³-hybridized carbons (Fsp3) is 0.296. The zero-order chi connectivity index (χ0) is 26.6. The Labute approximate surface area is 216 Å². The van der Waals surface area contributed by atoms with Crippen LogP contribution in [0.4, 0.5) is 22.0 Å². The Morgan fingerprint density at radius 3 is 2.05 bits per heavy atom. The summed E-state index contributed by atoms with van der Waals surface area (Å²) in [4.78, 5) is 16.2. The van der Waals surface area contributed by atoms with Gasteiger partial charge in [-0.05, 0) is 47.5 Å². The molecule has 10 heteroatoms. The Balaban J connectivity index is 1.40. The quantitative estimate of drug-likeness (QED) is 0.329. The van der Waals surface area contributed by atoms with Crippen LogP contribution in [-0.4, -0.2) is 48.4 Å². The van der Waals surface area contributed by atoms with Crippen molar-refractivity contribution in [1.29, 1.82) is 0 Å². The molecule has 1 fully saturated rings. The molecule has 0 unspecified atom stereocenters. The predicted molar refractivity (Wildman–Crippen MR) is 129 cm³/mol. The van der Waals surface area contributed by atoms with Crippen molar-refractivity contribution < 1.29 is 31.5 Å². The molecule has 1 saturated heterocycles. The second-order valence-electron chi connectivity index (χ2n) is 8.74. The molecule has 0 aromatic heterocycles. The minimum Gasteiger partial charge on any atom is -0.368 e. The van der Waals surface area contributed by atoms with Gasteiger partial charge in [-0.15, -0.1) is 0 Å². The van der Waals surface area contributed by atoms with E-state index in [4.69, 9.17) is 16.3 Å². The van der Waals surface area contributed by atoms with Gasteiger partial charge in [0.2, 0.25) is 0 Å².